The van der Waals surface area contributed by atoms with E-state index in [9.17, 15) is 26.4 Å². The molecule has 6 nitrogen and oxygen atoms in total. The van der Waals surface area contributed by atoms with Gasteiger partial charge in [0.15, 0.2) is 0 Å². The molecule has 0 aliphatic carbocycles. The minimum atomic E-state index is -4.62. The highest BCUT2D eigenvalue weighted by Gasteiger charge is 2.32. The molecule has 1 aromatic heterocycles. The Morgan fingerprint density at radius 3 is 2.00 bits per heavy atom. The van der Waals surface area contributed by atoms with Crippen molar-refractivity contribution in [3.8, 4) is 22.3 Å². The molecule has 238 valence electrons. The van der Waals surface area contributed by atoms with E-state index in [2.05, 4.69) is 12.1 Å². The van der Waals surface area contributed by atoms with Gasteiger partial charge in [-0.1, -0.05) is 103 Å². The van der Waals surface area contributed by atoms with Crippen molar-refractivity contribution in [2.24, 2.45) is 0 Å². The molecule has 0 amide bonds. The second-order valence-corrected chi connectivity index (χ2v) is 12.7. The Balaban J connectivity index is 1.26. The van der Waals surface area contributed by atoms with E-state index in [0.29, 0.717) is 10.9 Å². The van der Waals surface area contributed by atoms with E-state index in [1.165, 1.54) is 18.2 Å². The Labute approximate surface area is 269 Å². The number of alkyl halides is 3. The number of carbonyl (C=O) groups excluding carboxylic acids is 1. The van der Waals surface area contributed by atoms with Crippen LogP contribution in [0.25, 0.3) is 33.2 Å². The number of hydrogen-bond acceptors (Lipinski definition) is 5. The number of sulfonamides is 1. The number of carbonyl (C=O) groups is 1. The number of hydroxylamine groups is 1. The molecular formula is C37H28F3NO5S. The van der Waals surface area contributed by atoms with E-state index in [4.69, 9.17) is 9.25 Å². The zero-order chi connectivity index (χ0) is 33.2. The molecule has 0 aliphatic heterocycles. The third-order valence-electron chi connectivity index (χ3n) is 7.60. The lowest BCUT2D eigenvalue weighted by atomic mass is 9.96. The number of furan rings is 1. The van der Waals surface area contributed by atoms with Crippen molar-refractivity contribution < 1.29 is 35.6 Å². The fraction of sp³-hybridized carbons (Fsp3) is 0.108. The van der Waals surface area contributed by atoms with E-state index < -0.39 is 34.3 Å². The van der Waals surface area contributed by atoms with Crippen molar-refractivity contribution in [2.75, 3.05) is 0 Å². The summed E-state index contributed by atoms with van der Waals surface area (Å²) in [5.74, 6) is -0.0863. The van der Waals surface area contributed by atoms with Crippen molar-refractivity contribution in [1.29, 1.82) is 0 Å². The molecule has 0 atom stereocenters. The van der Waals surface area contributed by atoms with E-state index in [-0.39, 0.29) is 10.5 Å². The molecule has 47 heavy (non-hydrogen) atoms. The molecule has 0 unspecified atom stereocenters. The van der Waals surface area contributed by atoms with Crippen LogP contribution in [0.15, 0.2) is 137 Å². The molecular weight excluding hydrogens is 627 g/mol. The van der Waals surface area contributed by atoms with Crippen molar-refractivity contribution in [1.82, 2.24) is 4.47 Å². The zero-order valence-electron chi connectivity index (χ0n) is 25.1. The van der Waals surface area contributed by atoms with Gasteiger partial charge in [-0.15, -0.1) is 0 Å². The molecule has 6 rings (SSSR count). The number of rotatable bonds is 9. The first-order valence-electron chi connectivity index (χ1n) is 14.6. The Bertz CT molecular complexity index is 2140. The van der Waals surface area contributed by atoms with Crippen LogP contribution < -0.4 is 0 Å². The van der Waals surface area contributed by atoms with Crippen LogP contribution >= 0.6 is 0 Å². The van der Waals surface area contributed by atoms with Crippen molar-refractivity contribution >= 4 is 27.0 Å². The molecule has 0 spiro atoms. The topological polar surface area (TPSA) is 76.8 Å². The van der Waals surface area contributed by atoms with Gasteiger partial charge in [-0.25, -0.2) is 8.42 Å². The van der Waals surface area contributed by atoms with Gasteiger partial charge in [0.2, 0.25) is 0 Å². The molecule has 6 aromatic rings. The lowest BCUT2D eigenvalue weighted by molar-refractivity contribution is -0.168. The molecule has 0 aliphatic rings. The number of para-hydroxylation sites is 1. The Hall–Kier alpha value is -5.19. The minimum absolute atomic E-state index is 0.00122. The summed E-state index contributed by atoms with van der Waals surface area (Å²) in [5.41, 5.74) is 4.51. The highest BCUT2D eigenvalue weighted by Crippen LogP contribution is 2.37. The first-order valence-corrected chi connectivity index (χ1v) is 16.1. The third-order valence-corrected chi connectivity index (χ3v) is 9.21. The Morgan fingerprint density at radius 1 is 0.745 bits per heavy atom. The van der Waals surface area contributed by atoms with E-state index in [0.717, 1.165) is 69.7 Å². The monoisotopic (exact) mass is 655 g/mol. The number of fused-ring (bicyclic) bond motifs is 1. The normalized spacial score (nSPS) is 12.0. The molecule has 0 saturated carbocycles. The highest BCUT2D eigenvalue weighted by molar-refractivity contribution is 7.89. The van der Waals surface area contributed by atoms with Crippen LogP contribution in [0.3, 0.4) is 0 Å². The number of nitrogens with zero attached hydrogens (tertiary/aromatic N) is 1. The predicted octanol–water partition coefficient (Wildman–Crippen LogP) is 9.05. The van der Waals surface area contributed by atoms with Gasteiger partial charge >= 0.3 is 12.1 Å². The van der Waals surface area contributed by atoms with Crippen molar-refractivity contribution in [3.63, 3.8) is 0 Å². The first kappa shape index (κ1) is 31.8. The second kappa shape index (κ2) is 12.9. The molecule has 0 N–H and O–H groups in total. The second-order valence-electron chi connectivity index (χ2n) is 10.9. The van der Waals surface area contributed by atoms with Gasteiger partial charge < -0.3 is 9.25 Å². The van der Waals surface area contributed by atoms with Gasteiger partial charge in [-0.3, -0.25) is 4.79 Å². The van der Waals surface area contributed by atoms with Crippen LogP contribution in [0.4, 0.5) is 13.2 Å². The van der Waals surface area contributed by atoms with Crippen LogP contribution in [0.2, 0.25) is 0 Å². The van der Waals surface area contributed by atoms with Crippen molar-refractivity contribution in [3.05, 3.63) is 150 Å². The largest absolute Gasteiger partial charge is 0.460 e. The standard InChI is InChI=1S/C37H28F3NO5S/c1-25(42)46-41(24-27-10-7-11-31(22-27)37(38,39)40)47(43,44)32-20-18-29(19-21-32)28-14-16-30(17-15-28)36-33-12-5-6-13-34(33)45-35(36)23-26-8-3-2-4-9-26/h2-22H,23-24H2,1H3. The lowest BCUT2D eigenvalue weighted by Gasteiger charge is -2.21. The first-order chi connectivity index (χ1) is 22.5. The summed E-state index contributed by atoms with van der Waals surface area (Å²) >= 11 is 0. The maximum absolute atomic E-state index is 13.5. The fourth-order valence-electron chi connectivity index (χ4n) is 5.39. The Morgan fingerprint density at radius 2 is 1.34 bits per heavy atom. The quantitative estimate of drug-likeness (QED) is 0.145. The summed E-state index contributed by atoms with van der Waals surface area (Å²) in [6.07, 6.45) is -3.99. The van der Waals surface area contributed by atoms with Gasteiger partial charge in [0.1, 0.15) is 11.3 Å². The van der Waals surface area contributed by atoms with Gasteiger partial charge in [0.05, 0.1) is 17.0 Å². The number of hydrogen-bond donors (Lipinski definition) is 0. The van der Waals surface area contributed by atoms with Crippen LogP contribution in [0.5, 0.6) is 0 Å². The lowest BCUT2D eigenvalue weighted by Crippen LogP contribution is -2.32. The summed E-state index contributed by atoms with van der Waals surface area (Å²) in [7, 11) is -4.43. The Kier molecular flexibility index (Phi) is 8.72. The number of halogens is 3. The molecule has 5 aromatic carbocycles. The van der Waals surface area contributed by atoms with E-state index in [1.54, 1.807) is 12.1 Å². The maximum Gasteiger partial charge on any atom is 0.416 e. The average Bonchev–Trinajstić information content (AvgIpc) is 3.42. The number of benzene rings is 5. The van der Waals surface area contributed by atoms with Crippen LogP contribution in [0, 0.1) is 0 Å². The molecule has 10 heteroatoms. The SMILES string of the molecule is CC(=O)ON(Cc1cccc(C(F)(F)F)c1)S(=O)(=O)c1ccc(-c2ccc(-c3c(Cc4ccccc4)oc4ccccc34)cc2)cc1. The van der Waals surface area contributed by atoms with Gasteiger partial charge in [0.25, 0.3) is 10.0 Å². The average molecular weight is 656 g/mol. The van der Waals surface area contributed by atoms with E-state index in [1.807, 2.05) is 66.7 Å². The minimum Gasteiger partial charge on any atom is -0.460 e. The van der Waals surface area contributed by atoms with Gasteiger partial charge in [0, 0.05) is 24.3 Å². The molecule has 0 saturated heterocycles. The molecule has 0 bridgehead atoms. The zero-order valence-corrected chi connectivity index (χ0v) is 25.9. The van der Waals surface area contributed by atoms with E-state index >= 15 is 0 Å². The van der Waals surface area contributed by atoms with Gasteiger partial charge in [-0.05, 0) is 56.6 Å². The third kappa shape index (κ3) is 6.98. The predicted molar refractivity (Wildman–Crippen MR) is 172 cm³/mol. The molecule has 0 fully saturated rings. The molecule has 0 radical (unpaired) electrons. The van der Waals surface area contributed by atoms with Crippen LogP contribution in [-0.4, -0.2) is 18.9 Å². The summed E-state index contributed by atoms with van der Waals surface area (Å²) in [6, 6.07) is 35.9. The summed E-state index contributed by atoms with van der Waals surface area (Å²) < 4.78 is 73.3. The summed E-state index contributed by atoms with van der Waals surface area (Å²) in [4.78, 5) is 16.5. The van der Waals surface area contributed by atoms with Crippen LogP contribution in [0.1, 0.15) is 29.4 Å². The fourth-order valence-corrected chi connectivity index (χ4v) is 6.63. The summed E-state index contributed by atoms with van der Waals surface area (Å²) in [6.45, 7) is 0.405. The summed E-state index contributed by atoms with van der Waals surface area (Å²) in [5, 5.41) is 1.00. The molecule has 1 heterocycles. The van der Waals surface area contributed by atoms with Crippen LogP contribution in [-0.2, 0) is 38.8 Å². The highest BCUT2D eigenvalue weighted by atomic mass is 32.2. The smallest absolute Gasteiger partial charge is 0.416 e. The van der Waals surface area contributed by atoms with Crippen molar-refractivity contribution in [2.45, 2.75) is 31.0 Å². The van der Waals surface area contributed by atoms with Gasteiger partial charge in [-0.2, -0.15) is 13.2 Å². The maximum atomic E-state index is 13.5.